The van der Waals surface area contributed by atoms with Gasteiger partial charge in [0.2, 0.25) is 0 Å². The average Bonchev–Trinajstić information content (AvgIpc) is 2.67. The molecule has 7 heteroatoms. The van der Waals surface area contributed by atoms with Gasteiger partial charge in [-0.1, -0.05) is 0 Å². The van der Waals surface area contributed by atoms with Gasteiger partial charge in [-0.25, -0.2) is 0 Å². The number of nitro benzene ring substituents is 1. The minimum atomic E-state index is -0.505. The van der Waals surface area contributed by atoms with E-state index in [0.29, 0.717) is 36.3 Å². The van der Waals surface area contributed by atoms with Crippen molar-refractivity contribution in [1.29, 1.82) is 0 Å². The normalized spacial score (nSPS) is 15.9. The zero-order chi connectivity index (χ0) is 13.8. The highest BCUT2D eigenvalue weighted by Crippen LogP contribution is 2.24. The number of nitrogens with zero attached hydrogens (tertiary/aromatic N) is 2. The summed E-state index contributed by atoms with van der Waals surface area (Å²) in [6.07, 6.45) is 0.776. The van der Waals surface area contributed by atoms with Gasteiger partial charge in [0.05, 0.1) is 17.1 Å². The quantitative estimate of drug-likeness (QED) is 0.616. The first kappa shape index (κ1) is 14.0. The Balaban J connectivity index is 2.26. The third kappa shape index (κ3) is 3.30. The molecule has 0 radical (unpaired) electrons. The number of carbonyl (C=O) groups excluding carboxylic acids is 1. The van der Waals surface area contributed by atoms with Gasteiger partial charge in [-0.3, -0.25) is 14.9 Å². The molecule has 0 bridgehead atoms. The number of rotatable bonds is 2. The van der Waals surface area contributed by atoms with E-state index < -0.39 is 4.92 Å². The highest BCUT2D eigenvalue weighted by atomic mass is 79.9. The molecule has 1 heterocycles. The molecule has 1 aromatic rings. The van der Waals surface area contributed by atoms with Crippen molar-refractivity contribution in [2.45, 2.75) is 6.42 Å². The first-order chi connectivity index (χ1) is 9.09. The van der Waals surface area contributed by atoms with Gasteiger partial charge < -0.3 is 9.64 Å². The van der Waals surface area contributed by atoms with E-state index in [4.69, 9.17) is 4.74 Å². The summed E-state index contributed by atoms with van der Waals surface area (Å²) < 4.78 is 5.85. The Bertz CT molecular complexity index is 499. The van der Waals surface area contributed by atoms with Crippen LogP contribution in [-0.2, 0) is 4.74 Å². The van der Waals surface area contributed by atoms with Crippen molar-refractivity contribution < 1.29 is 14.5 Å². The van der Waals surface area contributed by atoms with E-state index in [1.165, 1.54) is 18.2 Å². The summed E-state index contributed by atoms with van der Waals surface area (Å²) in [7, 11) is 0. The van der Waals surface area contributed by atoms with Gasteiger partial charge in [0.15, 0.2) is 0 Å². The molecule has 6 nitrogen and oxygen atoms in total. The van der Waals surface area contributed by atoms with Gasteiger partial charge in [-0.05, 0) is 28.4 Å². The molecule has 19 heavy (non-hydrogen) atoms. The summed E-state index contributed by atoms with van der Waals surface area (Å²) in [4.78, 5) is 24.3. The minimum absolute atomic E-state index is 0.0855. The van der Waals surface area contributed by atoms with Crippen LogP contribution in [0.15, 0.2) is 22.7 Å². The van der Waals surface area contributed by atoms with E-state index in [1.807, 2.05) is 0 Å². The monoisotopic (exact) mass is 328 g/mol. The van der Waals surface area contributed by atoms with Crippen LogP contribution in [0.2, 0.25) is 0 Å². The molecule has 0 aliphatic carbocycles. The van der Waals surface area contributed by atoms with Gasteiger partial charge in [-0.2, -0.15) is 0 Å². The van der Waals surface area contributed by atoms with Crippen molar-refractivity contribution in [3.8, 4) is 0 Å². The van der Waals surface area contributed by atoms with Crippen LogP contribution in [-0.4, -0.2) is 42.0 Å². The standard InChI is InChI=1S/C12H13BrN2O4/c13-11-3-2-9(15(17)18)8-10(11)12(16)14-4-1-6-19-7-5-14/h2-3,8H,1,4-7H2. The summed E-state index contributed by atoms with van der Waals surface area (Å²) in [6, 6.07) is 4.20. The van der Waals surface area contributed by atoms with E-state index in [1.54, 1.807) is 4.90 Å². The largest absolute Gasteiger partial charge is 0.380 e. The second-order valence-electron chi connectivity index (χ2n) is 4.18. The Morgan fingerprint density at radius 2 is 2.16 bits per heavy atom. The first-order valence-corrected chi connectivity index (χ1v) is 6.70. The molecule has 0 aromatic heterocycles. The Kier molecular flexibility index (Phi) is 4.49. The topological polar surface area (TPSA) is 72.7 Å². The molecule has 1 amide bonds. The Labute approximate surface area is 118 Å². The summed E-state index contributed by atoms with van der Waals surface area (Å²) in [6.45, 7) is 2.25. The highest BCUT2D eigenvalue weighted by Gasteiger charge is 2.21. The fourth-order valence-electron chi connectivity index (χ4n) is 1.91. The smallest absolute Gasteiger partial charge is 0.270 e. The molecule has 1 saturated heterocycles. The number of halogens is 1. The lowest BCUT2D eigenvalue weighted by Gasteiger charge is -2.20. The SMILES string of the molecule is O=C(c1cc([N+](=O)[O-])ccc1Br)N1CCCOCC1. The first-order valence-electron chi connectivity index (χ1n) is 5.90. The Morgan fingerprint density at radius 3 is 2.89 bits per heavy atom. The van der Waals surface area contributed by atoms with Crippen LogP contribution in [0.1, 0.15) is 16.8 Å². The maximum absolute atomic E-state index is 12.4. The molecule has 1 fully saturated rings. The van der Waals surface area contributed by atoms with Crippen LogP contribution in [0.5, 0.6) is 0 Å². The van der Waals surface area contributed by atoms with Crippen molar-refractivity contribution in [2.24, 2.45) is 0 Å². The zero-order valence-corrected chi connectivity index (χ0v) is 11.8. The lowest BCUT2D eigenvalue weighted by atomic mass is 10.1. The number of benzene rings is 1. The van der Waals surface area contributed by atoms with Crippen LogP contribution in [0, 0.1) is 10.1 Å². The summed E-state index contributed by atoms with van der Waals surface area (Å²) in [5.41, 5.74) is 0.230. The van der Waals surface area contributed by atoms with Gasteiger partial charge in [0, 0.05) is 36.3 Å². The maximum atomic E-state index is 12.4. The number of carbonyl (C=O) groups is 1. The van der Waals surface area contributed by atoms with E-state index >= 15 is 0 Å². The zero-order valence-electron chi connectivity index (χ0n) is 10.2. The maximum Gasteiger partial charge on any atom is 0.270 e. The molecule has 1 aliphatic rings. The van der Waals surface area contributed by atoms with Gasteiger partial charge in [0.1, 0.15) is 0 Å². The van der Waals surface area contributed by atoms with Gasteiger partial charge in [-0.15, -0.1) is 0 Å². The molecule has 1 aromatic carbocycles. The number of hydrogen-bond acceptors (Lipinski definition) is 4. The van der Waals surface area contributed by atoms with Crippen molar-refractivity contribution in [2.75, 3.05) is 26.3 Å². The Morgan fingerprint density at radius 1 is 1.37 bits per heavy atom. The predicted molar refractivity (Wildman–Crippen MR) is 72.1 cm³/mol. The second-order valence-corrected chi connectivity index (χ2v) is 5.03. The molecule has 0 atom stereocenters. The van der Waals surface area contributed by atoms with Crippen molar-refractivity contribution in [1.82, 2.24) is 4.90 Å². The molecule has 0 saturated carbocycles. The second kappa shape index (κ2) is 6.12. The van der Waals surface area contributed by atoms with Crippen molar-refractivity contribution in [3.63, 3.8) is 0 Å². The predicted octanol–water partition coefficient (Wildman–Crippen LogP) is 2.22. The van der Waals surface area contributed by atoms with E-state index in [2.05, 4.69) is 15.9 Å². The molecular formula is C12H13BrN2O4. The van der Waals surface area contributed by atoms with E-state index in [0.717, 1.165) is 6.42 Å². The van der Waals surface area contributed by atoms with Crippen LogP contribution in [0.3, 0.4) is 0 Å². The lowest BCUT2D eigenvalue weighted by molar-refractivity contribution is -0.384. The summed E-state index contributed by atoms with van der Waals surface area (Å²) >= 11 is 3.26. The lowest BCUT2D eigenvalue weighted by Crippen LogP contribution is -2.33. The number of hydrogen-bond donors (Lipinski definition) is 0. The van der Waals surface area contributed by atoms with Crippen molar-refractivity contribution >= 4 is 27.5 Å². The average molecular weight is 329 g/mol. The summed E-state index contributed by atoms with van der Waals surface area (Å²) in [5.74, 6) is -0.207. The fraction of sp³-hybridized carbons (Fsp3) is 0.417. The number of non-ortho nitro benzene ring substituents is 1. The molecule has 0 spiro atoms. The van der Waals surface area contributed by atoms with Crippen LogP contribution < -0.4 is 0 Å². The third-order valence-corrected chi connectivity index (χ3v) is 3.59. The number of ether oxygens (including phenoxy) is 1. The van der Waals surface area contributed by atoms with Crippen LogP contribution in [0.4, 0.5) is 5.69 Å². The fourth-order valence-corrected chi connectivity index (χ4v) is 2.33. The third-order valence-electron chi connectivity index (χ3n) is 2.90. The van der Waals surface area contributed by atoms with E-state index in [9.17, 15) is 14.9 Å². The minimum Gasteiger partial charge on any atom is -0.380 e. The Hall–Kier alpha value is -1.47. The van der Waals surface area contributed by atoms with Gasteiger partial charge in [0.25, 0.3) is 11.6 Å². The molecule has 0 N–H and O–H groups in total. The van der Waals surface area contributed by atoms with Gasteiger partial charge >= 0.3 is 0 Å². The molecule has 1 aliphatic heterocycles. The number of nitro groups is 1. The number of amides is 1. The molecular weight excluding hydrogens is 316 g/mol. The van der Waals surface area contributed by atoms with E-state index in [-0.39, 0.29) is 11.6 Å². The summed E-state index contributed by atoms with van der Waals surface area (Å²) in [5, 5.41) is 10.8. The molecule has 0 unspecified atom stereocenters. The molecule has 102 valence electrons. The molecule has 2 rings (SSSR count). The highest BCUT2D eigenvalue weighted by molar-refractivity contribution is 9.10. The van der Waals surface area contributed by atoms with Crippen LogP contribution in [0.25, 0.3) is 0 Å². The van der Waals surface area contributed by atoms with Crippen molar-refractivity contribution in [3.05, 3.63) is 38.3 Å². The van der Waals surface area contributed by atoms with Crippen LogP contribution >= 0.6 is 15.9 Å².